The molecule has 6 rings (SSSR count). The minimum Gasteiger partial charge on any atom is -0.382 e. The summed E-state index contributed by atoms with van der Waals surface area (Å²) in [6, 6.07) is 11.7. The Labute approximate surface area is 337 Å². The quantitative estimate of drug-likeness (QED) is 0.107. The number of hydrogen-bond donors (Lipinski definition) is 4. The molecule has 2 saturated heterocycles. The smallest absolute Gasteiger partial charge is 0.282 e. The second kappa shape index (κ2) is 19.4. The molecular weight excluding hydrogens is 804 g/mol. The third kappa shape index (κ3) is 10.3. The molecule has 4 N–H and O–H groups in total. The number of ether oxygens (including phenoxy) is 3. The minimum absolute atomic E-state index is 0.0562. The van der Waals surface area contributed by atoms with Gasteiger partial charge in [0, 0.05) is 56.9 Å². The van der Waals surface area contributed by atoms with Crippen molar-refractivity contribution < 1.29 is 38.2 Å². The highest BCUT2D eigenvalue weighted by atomic mass is 79.9. The summed E-state index contributed by atoms with van der Waals surface area (Å²) in [5, 5.41) is 15.8. The Balaban J connectivity index is 0.812. The predicted molar refractivity (Wildman–Crippen MR) is 212 cm³/mol. The van der Waals surface area contributed by atoms with E-state index in [-0.39, 0.29) is 47.4 Å². The second-order valence-corrected chi connectivity index (χ2v) is 14.9. The van der Waals surface area contributed by atoms with Crippen molar-refractivity contribution in [2.24, 2.45) is 7.05 Å². The molecular formula is C39H47BrN8O9. The molecule has 3 unspecified atom stereocenters. The zero-order chi connectivity index (χ0) is 40.5. The number of nitrogens with zero attached hydrogens (tertiary/aromatic N) is 4. The average molecular weight is 852 g/mol. The van der Waals surface area contributed by atoms with Gasteiger partial charge in [0.2, 0.25) is 11.8 Å². The van der Waals surface area contributed by atoms with Crippen molar-refractivity contribution in [3.05, 3.63) is 85.7 Å². The Morgan fingerprint density at radius 2 is 1.58 bits per heavy atom. The summed E-state index contributed by atoms with van der Waals surface area (Å²) in [5.74, 6) is -2.13. The van der Waals surface area contributed by atoms with Crippen LogP contribution in [0.2, 0.25) is 0 Å². The fourth-order valence-corrected chi connectivity index (χ4v) is 7.68. The summed E-state index contributed by atoms with van der Waals surface area (Å²) in [4.78, 5) is 78.3. The molecule has 3 aliphatic rings. The first kappa shape index (κ1) is 41.6. The Bertz CT molecular complexity index is 2030. The summed E-state index contributed by atoms with van der Waals surface area (Å²) < 4.78 is 18.5. The van der Waals surface area contributed by atoms with Gasteiger partial charge in [-0.1, -0.05) is 18.2 Å². The molecule has 0 saturated carbocycles. The van der Waals surface area contributed by atoms with Crippen molar-refractivity contribution in [1.82, 2.24) is 30.2 Å². The van der Waals surface area contributed by atoms with Gasteiger partial charge in [-0.25, -0.2) is 4.68 Å². The normalized spacial score (nSPS) is 19.7. The fraction of sp³-hybridized carbons (Fsp3) is 0.462. The SMILES string of the molecule is CN1CC(Nc2cnn(C)c(=O)c2Br)CC(c2ccc(C(=O)NCCOCCOCCOCCNc3cccc4c3C(=O)N(C3CCC(=O)NC3=O)C4=O)cc2)C1. The number of benzene rings is 2. The molecule has 57 heavy (non-hydrogen) atoms. The number of carbonyl (C=O) groups is 5. The monoisotopic (exact) mass is 850 g/mol. The first-order chi connectivity index (χ1) is 27.5. The van der Waals surface area contributed by atoms with E-state index in [9.17, 15) is 28.8 Å². The van der Waals surface area contributed by atoms with Crippen molar-refractivity contribution in [2.45, 2.75) is 37.3 Å². The van der Waals surface area contributed by atoms with E-state index in [1.807, 2.05) is 24.3 Å². The molecule has 17 nitrogen and oxygen atoms in total. The molecule has 0 spiro atoms. The number of amides is 5. The summed E-state index contributed by atoms with van der Waals surface area (Å²) in [5.41, 5.74) is 3.06. The number of aromatic nitrogens is 2. The van der Waals surface area contributed by atoms with Crippen LogP contribution in [0.4, 0.5) is 11.4 Å². The largest absolute Gasteiger partial charge is 0.382 e. The predicted octanol–water partition coefficient (Wildman–Crippen LogP) is 1.74. The van der Waals surface area contributed by atoms with E-state index in [0.29, 0.717) is 74.1 Å². The number of fused-ring (bicyclic) bond motifs is 1. The lowest BCUT2D eigenvalue weighted by molar-refractivity contribution is -0.136. The van der Waals surface area contributed by atoms with Crippen molar-refractivity contribution in [2.75, 3.05) is 83.5 Å². The van der Waals surface area contributed by atoms with Gasteiger partial charge in [0.15, 0.2) is 0 Å². The van der Waals surface area contributed by atoms with E-state index in [1.54, 1.807) is 31.4 Å². The molecule has 3 aromatic rings. The maximum Gasteiger partial charge on any atom is 0.282 e. The standard InChI is InChI=1S/C39H47BrN8O9/c1-46-22-26(20-27(23-46)44-30-21-43-47(2)39(54)34(30)40)24-6-8-25(9-7-24)35(50)42-13-15-56-17-19-57-18-16-55-14-12-41-29-5-3-4-28-33(29)38(53)48(37(28)52)31-10-11-32(49)45-36(31)51/h3-9,21,26-27,31,41,44H,10-20,22-23H2,1-2H3,(H,42,50)(H,45,49,51). The third-order valence-electron chi connectivity index (χ3n) is 10.0. The van der Waals surface area contributed by atoms with Crippen LogP contribution in [0, 0.1) is 0 Å². The zero-order valence-electron chi connectivity index (χ0n) is 31.9. The number of piperidine rings is 2. The number of aryl methyl sites for hydroxylation is 1. The maximum absolute atomic E-state index is 13.2. The van der Waals surface area contributed by atoms with Crippen LogP contribution >= 0.6 is 15.9 Å². The fourth-order valence-electron chi connectivity index (χ4n) is 7.20. The number of hydrogen-bond acceptors (Lipinski definition) is 13. The minimum atomic E-state index is -1.02. The van der Waals surface area contributed by atoms with Gasteiger partial charge >= 0.3 is 0 Å². The number of likely N-dealkylation sites (tertiary alicyclic amines) is 1. The van der Waals surface area contributed by atoms with Gasteiger partial charge in [-0.3, -0.25) is 39.0 Å². The van der Waals surface area contributed by atoms with Crippen LogP contribution in [0.1, 0.15) is 61.8 Å². The average Bonchev–Trinajstić information content (AvgIpc) is 3.45. The molecule has 3 aliphatic heterocycles. The highest BCUT2D eigenvalue weighted by Gasteiger charge is 2.45. The number of anilines is 2. The highest BCUT2D eigenvalue weighted by Crippen LogP contribution is 2.33. The molecule has 1 aromatic heterocycles. The van der Waals surface area contributed by atoms with E-state index in [4.69, 9.17) is 14.2 Å². The molecule has 304 valence electrons. The number of nitrogens with one attached hydrogen (secondary N) is 4. The maximum atomic E-state index is 13.2. The molecule has 18 heteroatoms. The number of rotatable bonds is 18. The van der Waals surface area contributed by atoms with E-state index >= 15 is 0 Å². The topological polar surface area (TPSA) is 203 Å². The molecule has 4 heterocycles. The lowest BCUT2D eigenvalue weighted by Gasteiger charge is -2.37. The van der Waals surface area contributed by atoms with E-state index in [1.165, 1.54) is 4.68 Å². The van der Waals surface area contributed by atoms with Crippen LogP contribution in [0.15, 0.2) is 57.9 Å². The third-order valence-corrected chi connectivity index (χ3v) is 10.8. The Kier molecular flexibility index (Phi) is 14.2. The molecule has 2 fully saturated rings. The van der Waals surface area contributed by atoms with Crippen molar-refractivity contribution in [1.29, 1.82) is 0 Å². The van der Waals surface area contributed by atoms with Crippen molar-refractivity contribution in [3.8, 4) is 0 Å². The van der Waals surface area contributed by atoms with Gasteiger partial charge in [-0.05, 0) is 71.6 Å². The molecule has 0 radical (unpaired) electrons. The molecule has 3 atom stereocenters. The first-order valence-corrected chi connectivity index (χ1v) is 19.7. The van der Waals surface area contributed by atoms with Gasteiger partial charge < -0.3 is 35.1 Å². The summed E-state index contributed by atoms with van der Waals surface area (Å²) in [6.45, 7) is 4.47. The lowest BCUT2D eigenvalue weighted by atomic mass is 9.87. The Morgan fingerprint density at radius 1 is 0.877 bits per heavy atom. The highest BCUT2D eigenvalue weighted by molar-refractivity contribution is 9.10. The summed E-state index contributed by atoms with van der Waals surface area (Å²) >= 11 is 3.39. The van der Waals surface area contributed by atoms with Crippen LogP contribution in [0.3, 0.4) is 0 Å². The van der Waals surface area contributed by atoms with Gasteiger partial charge in [0.05, 0.1) is 62.7 Å². The van der Waals surface area contributed by atoms with Gasteiger partial charge in [-0.2, -0.15) is 5.10 Å². The van der Waals surface area contributed by atoms with Crippen LogP contribution in [-0.2, 0) is 30.8 Å². The van der Waals surface area contributed by atoms with Crippen LogP contribution < -0.4 is 26.8 Å². The molecule has 0 aliphatic carbocycles. The summed E-state index contributed by atoms with van der Waals surface area (Å²) in [6.07, 6.45) is 2.67. The van der Waals surface area contributed by atoms with Gasteiger partial charge in [0.1, 0.15) is 10.5 Å². The van der Waals surface area contributed by atoms with Crippen molar-refractivity contribution >= 4 is 56.8 Å². The second-order valence-electron chi connectivity index (χ2n) is 14.1. The van der Waals surface area contributed by atoms with E-state index in [0.717, 1.165) is 30.0 Å². The Hall–Kier alpha value is -5.01. The first-order valence-electron chi connectivity index (χ1n) is 18.9. The van der Waals surface area contributed by atoms with Crippen LogP contribution in [-0.4, -0.2) is 134 Å². The van der Waals surface area contributed by atoms with Gasteiger partial charge in [0.25, 0.3) is 23.3 Å². The van der Waals surface area contributed by atoms with Crippen molar-refractivity contribution in [3.63, 3.8) is 0 Å². The van der Waals surface area contributed by atoms with Crippen LogP contribution in [0.25, 0.3) is 0 Å². The van der Waals surface area contributed by atoms with Crippen LogP contribution in [0.5, 0.6) is 0 Å². The lowest BCUT2D eigenvalue weighted by Crippen LogP contribution is -2.54. The Morgan fingerprint density at radius 3 is 2.30 bits per heavy atom. The zero-order valence-corrected chi connectivity index (χ0v) is 33.5. The molecule has 0 bridgehead atoms. The number of halogens is 1. The van der Waals surface area contributed by atoms with E-state index in [2.05, 4.69) is 54.2 Å². The number of likely N-dealkylation sites (N-methyl/N-ethyl adjacent to an activating group) is 1. The number of carbonyl (C=O) groups excluding carboxylic acids is 5. The van der Waals surface area contributed by atoms with E-state index < -0.39 is 29.7 Å². The van der Waals surface area contributed by atoms with Gasteiger partial charge in [-0.15, -0.1) is 0 Å². The number of imide groups is 2. The summed E-state index contributed by atoms with van der Waals surface area (Å²) in [7, 11) is 3.68. The molecule has 2 aromatic carbocycles. The molecule has 5 amide bonds.